The Morgan fingerprint density at radius 2 is 2.00 bits per heavy atom. The Morgan fingerprint density at radius 1 is 1.21 bits per heavy atom. The lowest BCUT2D eigenvalue weighted by atomic mass is 10.2. The van der Waals surface area contributed by atoms with E-state index in [4.69, 9.17) is 16.3 Å². The van der Waals surface area contributed by atoms with Crippen LogP contribution in [0.2, 0.25) is 5.02 Å². The van der Waals surface area contributed by atoms with Gasteiger partial charge in [-0.2, -0.15) is 13.1 Å². The lowest BCUT2D eigenvalue weighted by Gasteiger charge is -2.12. The van der Waals surface area contributed by atoms with E-state index in [2.05, 4.69) is 9.44 Å². The van der Waals surface area contributed by atoms with Crippen LogP contribution in [0.25, 0.3) is 0 Å². The van der Waals surface area contributed by atoms with Crippen LogP contribution in [-0.2, 0) is 16.8 Å². The maximum absolute atomic E-state index is 13.1. The molecular weight excluding hydrogens is 355 g/mol. The molecule has 0 saturated carbocycles. The average Bonchev–Trinajstić information content (AvgIpc) is 2.52. The molecule has 0 radical (unpaired) electrons. The Kier molecular flexibility index (Phi) is 6.42. The van der Waals surface area contributed by atoms with Gasteiger partial charge in [0, 0.05) is 6.54 Å². The zero-order valence-electron chi connectivity index (χ0n) is 13.1. The maximum atomic E-state index is 13.1. The largest absolute Gasteiger partial charge is 0.487 e. The van der Waals surface area contributed by atoms with Crippen molar-refractivity contribution in [3.63, 3.8) is 0 Å². The third-order valence-electron chi connectivity index (χ3n) is 3.01. The summed E-state index contributed by atoms with van der Waals surface area (Å²) in [7, 11) is -3.63. The van der Waals surface area contributed by atoms with Crippen LogP contribution >= 0.6 is 11.6 Å². The first-order chi connectivity index (χ1) is 11.4. The summed E-state index contributed by atoms with van der Waals surface area (Å²) in [5.41, 5.74) is 0.987. The summed E-state index contributed by atoms with van der Waals surface area (Å²) >= 11 is 6.11. The van der Waals surface area contributed by atoms with Gasteiger partial charge in [0.2, 0.25) is 0 Å². The first kappa shape index (κ1) is 18.5. The fraction of sp³-hybridized carbons (Fsp3) is 0.250. The van der Waals surface area contributed by atoms with Crippen molar-refractivity contribution in [3.8, 4) is 5.75 Å². The standard InChI is InChI=1S/C16H18ClFN2O3S/c1-2-8-19-24(21,22)20-14-6-7-16(15(17)10-14)23-11-12-4-3-5-13(18)9-12/h3-7,9-10,19-20H,2,8,11H2,1H3. The molecular formula is C16H18ClFN2O3S. The third-order valence-corrected chi connectivity index (χ3v) is 4.39. The quantitative estimate of drug-likeness (QED) is 0.742. The van der Waals surface area contributed by atoms with E-state index < -0.39 is 10.2 Å². The van der Waals surface area contributed by atoms with Gasteiger partial charge in [0.05, 0.1) is 10.7 Å². The summed E-state index contributed by atoms with van der Waals surface area (Å²) in [6.45, 7) is 2.36. The summed E-state index contributed by atoms with van der Waals surface area (Å²) in [5.74, 6) is 0.0388. The molecule has 5 nitrogen and oxygen atoms in total. The molecule has 0 atom stereocenters. The molecule has 0 amide bonds. The summed E-state index contributed by atoms with van der Waals surface area (Å²) in [6, 6.07) is 10.6. The Labute approximate surface area is 146 Å². The molecule has 0 aliphatic heterocycles. The first-order valence-corrected chi connectivity index (χ1v) is 9.20. The highest BCUT2D eigenvalue weighted by Gasteiger charge is 2.10. The van der Waals surface area contributed by atoms with Crippen LogP contribution in [0.5, 0.6) is 5.75 Å². The van der Waals surface area contributed by atoms with Crippen molar-refractivity contribution in [2.45, 2.75) is 20.0 Å². The molecule has 0 bridgehead atoms. The molecule has 2 N–H and O–H groups in total. The molecule has 0 aromatic heterocycles. The molecule has 2 rings (SSSR count). The Balaban J connectivity index is 2.01. The normalized spacial score (nSPS) is 11.3. The highest BCUT2D eigenvalue weighted by molar-refractivity contribution is 7.90. The number of halogens is 2. The maximum Gasteiger partial charge on any atom is 0.299 e. The van der Waals surface area contributed by atoms with E-state index in [-0.39, 0.29) is 17.4 Å². The van der Waals surface area contributed by atoms with E-state index >= 15 is 0 Å². The van der Waals surface area contributed by atoms with E-state index in [0.717, 1.165) is 0 Å². The van der Waals surface area contributed by atoms with Crippen molar-refractivity contribution < 1.29 is 17.5 Å². The summed E-state index contributed by atoms with van der Waals surface area (Å²) in [4.78, 5) is 0. The molecule has 0 heterocycles. The Hall–Kier alpha value is -1.83. The smallest absolute Gasteiger partial charge is 0.299 e. The Bertz CT molecular complexity index is 800. The minimum Gasteiger partial charge on any atom is -0.487 e. The van der Waals surface area contributed by atoms with E-state index in [9.17, 15) is 12.8 Å². The number of nitrogens with one attached hydrogen (secondary N) is 2. The number of ether oxygens (including phenoxy) is 1. The number of benzene rings is 2. The van der Waals surface area contributed by atoms with Crippen molar-refractivity contribution >= 4 is 27.5 Å². The minimum atomic E-state index is -3.63. The van der Waals surface area contributed by atoms with Gasteiger partial charge in [-0.15, -0.1) is 0 Å². The molecule has 2 aromatic rings. The second-order valence-corrected chi connectivity index (χ2v) is 6.97. The summed E-state index contributed by atoms with van der Waals surface area (Å²) in [6.07, 6.45) is 0.689. The van der Waals surface area contributed by atoms with Crippen molar-refractivity contribution in [2.75, 3.05) is 11.3 Å². The minimum absolute atomic E-state index is 0.153. The highest BCUT2D eigenvalue weighted by atomic mass is 35.5. The molecule has 0 unspecified atom stereocenters. The topological polar surface area (TPSA) is 67.4 Å². The van der Waals surface area contributed by atoms with Crippen LogP contribution in [-0.4, -0.2) is 15.0 Å². The molecule has 0 aliphatic carbocycles. The van der Waals surface area contributed by atoms with Crippen LogP contribution in [0.4, 0.5) is 10.1 Å². The van der Waals surface area contributed by atoms with E-state index in [1.165, 1.54) is 24.3 Å². The van der Waals surface area contributed by atoms with Crippen LogP contribution in [0, 0.1) is 5.82 Å². The van der Waals surface area contributed by atoms with Crippen LogP contribution in [0.3, 0.4) is 0 Å². The second kappa shape index (κ2) is 8.32. The number of hydrogen-bond acceptors (Lipinski definition) is 3. The van der Waals surface area contributed by atoms with Crippen molar-refractivity contribution in [2.24, 2.45) is 0 Å². The van der Waals surface area contributed by atoms with Crippen molar-refractivity contribution in [1.29, 1.82) is 0 Å². The van der Waals surface area contributed by atoms with Gasteiger partial charge in [-0.05, 0) is 42.3 Å². The van der Waals surface area contributed by atoms with Gasteiger partial charge < -0.3 is 4.74 Å². The van der Waals surface area contributed by atoms with Gasteiger partial charge in [-0.25, -0.2) is 4.39 Å². The Morgan fingerprint density at radius 3 is 2.67 bits per heavy atom. The van der Waals surface area contributed by atoms with Gasteiger partial charge in [-0.3, -0.25) is 4.72 Å². The van der Waals surface area contributed by atoms with E-state index in [0.29, 0.717) is 30.0 Å². The second-order valence-electron chi connectivity index (χ2n) is 5.06. The first-order valence-electron chi connectivity index (χ1n) is 7.34. The third kappa shape index (κ3) is 5.67. The van der Waals surface area contributed by atoms with Crippen LogP contribution in [0.15, 0.2) is 42.5 Å². The number of anilines is 1. The van der Waals surface area contributed by atoms with Crippen LogP contribution < -0.4 is 14.2 Å². The SMILES string of the molecule is CCCNS(=O)(=O)Nc1ccc(OCc2cccc(F)c2)c(Cl)c1. The fourth-order valence-corrected chi connectivity index (χ4v) is 3.11. The lowest BCUT2D eigenvalue weighted by Crippen LogP contribution is -2.30. The molecule has 2 aromatic carbocycles. The van der Waals surface area contributed by atoms with Gasteiger partial charge in [0.25, 0.3) is 10.2 Å². The molecule has 0 aliphatic rings. The molecule has 0 spiro atoms. The predicted octanol–water partition coefficient (Wildman–Crippen LogP) is 3.71. The monoisotopic (exact) mass is 372 g/mol. The number of hydrogen-bond donors (Lipinski definition) is 2. The average molecular weight is 373 g/mol. The summed E-state index contributed by atoms with van der Waals surface area (Å²) < 4.78 is 47.0. The molecule has 0 saturated heterocycles. The zero-order chi connectivity index (χ0) is 17.6. The molecule has 24 heavy (non-hydrogen) atoms. The fourth-order valence-electron chi connectivity index (χ4n) is 1.90. The molecule has 8 heteroatoms. The molecule has 130 valence electrons. The van der Waals surface area contributed by atoms with Crippen molar-refractivity contribution in [1.82, 2.24) is 4.72 Å². The van der Waals surface area contributed by atoms with Crippen molar-refractivity contribution in [3.05, 3.63) is 58.9 Å². The highest BCUT2D eigenvalue weighted by Crippen LogP contribution is 2.28. The molecule has 0 fully saturated rings. The van der Waals surface area contributed by atoms with Crippen LogP contribution in [0.1, 0.15) is 18.9 Å². The summed E-state index contributed by atoms with van der Waals surface area (Å²) in [5, 5.41) is 0.252. The lowest BCUT2D eigenvalue weighted by molar-refractivity contribution is 0.306. The van der Waals surface area contributed by atoms with E-state index in [1.807, 2.05) is 6.92 Å². The number of rotatable bonds is 8. The van der Waals surface area contributed by atoms with E-state index in [1.54, 1.807) is 18.2 Å². The van der Waals surface area contributed by atoms with Gasteiger partial charge in [0.15, 0.2) is 0 Å². The van der Waals surface area contributed by atoms with Gasteiger partial charge in [0.1, 0.15) is 18.2 Å². The van der Waals surface area contributed by atoms with Gasteiger partial charge >= 0.3 is 0 Å². The van der Waals surface area contributed by atoms with Gasteiger partial charge in [-0.1, -0.05) is 30.7 Å². The zero-order valence-corrected chi connectivity index (χ0v) is 14.6. The predicted molar refractivity (Wildman–Crippen MR) is 93.0 cm³/mol.